The van der Waals surface area contributed by atoms with E-state index in [-0.39, 0.29) is 5.97 Å². The summed E-state index contributed by atoms with van der Waals surface area (Å²) >= 11 is 0. The fourth-order valence-corrected chi connectivity index (χ4v) is 1.90. The Morgan fingerprint density at radius 2 is 2.18 bits per heavy atom. The van der Waals surface area contributed by atoms with Crippen LogP contribution in [-0.4, -0.2) is 17.6 Å². The van der Waals surface area contributed by atoms with E-state index in [0.29, 0.717) is 6.61 Å². The third-order valence-electron chi connectivity index (χ3n) is 2.68. The summed E-state index contributed by atoms with van der Waals surface area (Å²) in [4.78, 5) is 15.8. The van der Waals surface area contributed by atoms with Gasteiger partial charge in [-0.2, -0.15) is 0 Å². The van der Waals surface area contributed by atoms with Gasteiger partial charge >= 0.3 is 5.97 Å². The molecule has 1 aromatic rings. The number of esters is 1. The summed E-state index contributed by atoms with van der Waals surface area (Å²) < 4.78 is 5.09. The molecular weight excluding hydrogens is 214 g/mol. The molecule has 0 atom stereocenters. The van der Waals surface area contributed by atoms with E-state index < -0.39 is 0 Å². The number of hydrogen-bond acceptors (Lipinski definition) is 3. The monoisotopic (exact) mass is 229 g/mol. The first-order chi connectivity index (χ1) is 8.33. The van der Waals surface area contributed by atoms with Crippen molar-refractivity contribution < 1.29 is 9.53 Å². The minimum atomic E-state index is -0.205. The van der Waals surface area contributed by atoms with Crippen LogP contribution in [0.25, 0.3) is 5.57 Å². The zero-order valence-corrected chi connectivity index (χ0v) is 9.85. The highest BCUT2D eigenvalue weighted by Gasteiger charge is 2.18. The van der Waals surface area contributed by atoms with Crippen molar-refractivity contribution in [1.29, 1.82) is 0 Å². The third kappa shape index (κ3) is 2.61. The fraction of sp³-hybridized carbons (Fsp3) is 0.286. The molecule has 0 bridgehead atoms. The van der Waals surface area contributed by atoms with E-state index in [4.69, 9.17) is 4.74 Å². The summed E-state index contributed by atoms with van der Waals surface area (Å²) in [7, 11) is 0. The zero-order valence-electron chi connectivity index (χ0n) is 9.85. The topological polar surface area (TPSA) is 39.2 Å². The van der Waals surface area contributed by atoms with Crippen LogP contribution in [0.5, 0.6) is 0 Å². The molecule has 0 saturated carbocycles. The first kappa shape index (κ1) is 11.6. The lowest BCUT2D eigenvalue weighted by atomic mass is 9.93. The lowest BCUT2D eigenvalue weighted by Gasteiger charge is -2.14. The molecule has 88 valence electrons. The highest BCUT2D eigenvalue weighted by Crippen LogP contribution is 2.27. The van der Waals surface area contributed by atoms with Crippen molar-refractivity contribution in [2.45, 2.75) is 19.8 Å². The molecule has 1 aliphatic carbocycles. The van der Waals surface area contributed by atoms with Crippen LogP contribution in [0.4, 0.5) is 0 Å². The summed E-state index contributed by atoms with van der Waals surface area (Å²) in [6.45, 7) is 2.24. The predicted molar refractivity (Wildman–Crippen MR) is 66.2 cm³/mol. The van der Waals surface area contributed by atoms with Crippen molar-refractivity contribution >= 4 is 11.5 Å². The largest absolute Gasteiger partial charge is 0.463 e. The molecule has 3 heteroatoms. The van der Waals surface area contributed by atoms with Crippen LogP contribution in [-0.2, 0) is 9.53 Å². The molecule has 0 unspecified atom stereocenters. The van der Waals surface area contributed by atoms with Crippen molar-refractivity contribution in [3.8, 4) is 0 Å². The van der Waals surface area contributed by atoms with Crippen molar-refractivity contribution in [2.75, 3.05) is 6.61 Å². The quantitative estimate of drug-likeness (QED) is 0.748. The molecule has 0 N–H and O–H groups in total. The van der Waals surface area contributed by atoms with Crippen molar-refractivity contribution in [3.63, 3.8) is 0 Å². The Morgan fingerprint density at radius 3 is 2.88 bits per heavy atom. The van der Waals surface area contributed by atoms with Crippen LogP contribution in [0.2, 0.25) is 0 Å². The number of nitrogens with zero attached hydrogens (tertiary/aromatic N) is 1. The molecule has 0 amide bonds. The van der Waals surface area contributed by atoms with Crippen LogP contribution in [0.3, 0.4) is 0 Å². The fourth-order valence-electron chi connectivity index (χ4n) is 1.90. The molecule has 1 heterocycles. The summed E-state index contributed by atoms with van der Waals surface area (Å²) in [5.41, 5.74) is 2.73. The van der Waals surface area contributed by atoms with Gasteiger partial charge in [0.15, 0.2) is 0 Å². The van der Waals surface area contributed by atoms with Crippen molar-refractivity contribution in [2.24, 2.45) is 0 Å². The second-order valence-electron chi connectivity index (χ2n) is 3.79. The summed E-state index contributed by atoms with van der Waals surface area (Å²) in [6, 6.07) is 3.81. The normalized spacial score (nSPS) is 14.9. The van der Waals surface area contributed by atoms with E-state index in [1.165, 1.54) is 0 Å². The van der Waals surface area contributed by atoms with Gasteiger partial charge in [0, 0.05) is 18.0 Å². The summed E-state index contributed by atoms with van der Waals surface area (Å²) in [5, 5.41) is 0. The Bertz CT molecular complexity index is 460. The lowest BCUT2D eigenvalue weighted by Crippen LogP contribution is -2.11. The third-order valence-corrected chi connectivity index (χ3v) is 2.68. The van der Waals surface area contributed by atoms with Gasteiger partial charge in [0.1, 0.15) is 0 Å². The van der Waals surface area contributed by atoms with Gasteiger partial charge in [0.25, 0.3) is 0 Å². The van der Waals surface area contributed by atoms with Crippen LogP contribution in [0.1, 0.15) is 25.3 Å². The van der Waals surface area contributed by atoms with Gasteiger partial charge in [-0.3, -0.25) is 4.98 Å². The number of ether oxygens (including phenoxy) is 1. The molecule has 3 nitrogen and oxygen atoms in total. The van der Waals surface area contributed by atoms with Gasteiger partial charge in [-0.05, 0) is 43.0 Å². The highest BCUT2D eigenvalue weighted by atomic mass is 16.5. The van der Waals surface area contributed by atoms with Gasteiger partial charge in [0.05, 0.1) is 6.61 Å². The van der Waals surface area contributed by atoms with E-state index in [2.05, 4.69) is 11.1 Å². The van der Waals surface area contributed by atoms with E-state index in [1.54, 1.807) is 12.4 Å². The maximum atomic E-state index is 11.9. The number of pyridine rings is 1. The average Bonchev–Trinajstić information content (AvgIpc) is 2.40. The number of allylic oxidation sites excluding steroid dienone is 3. The summed E-state index contributed by atoms with van der Waals surface area (Å²) in [6.07, 6.45) is 9.17. The van der Waals surface area contributed by atoms with Crippen molar-refractivity contribution in [1.82, 2.24) is 4.98 Å². The maximum Gasteiger partial charge on any atom is 0.334 e. The lowest BCUT2D eigenvalue weighted by molar-refractivity contribution is -0.138. The molecule has 0 spiro atoms. The Hall–Kier alpha value is -1.90. The maximum absolute atomic E-state index is 11.9. The number of hydrogen-bond donors (Lipinski definition) is 0. The van der Waals surface area contributed by atoms with Crippen LogP contribution in [0.15, 0.2) is 42.3 Å². The molecule has 17 heavy (non-hydrogen) atoms. The van der Waals surface area contributed by atoms with E-state index in [0.717, 1.165) is 29.6 Å². The minimum Gasteiger partial charge on any atom is -0.463 e. The molecule has 1 aliphatic rings. The Labute approximate surface area is 101 Å². The molecule has 0 aliphatic heterocycles. The highest BCUT2D eigenvalue weighted by molar-refractivity contribution is 6.00. The van der Waals surface area contributed by atoms with Gasteiger partial charge in [0.2, 0.25) is 0 Å². The Balaban J connectivity index is 2.39. The zero-order chi connectivity index (χ0) is 12.1. The minimum absolute atomic E-state index is 0.205. The molecule has 0 saturated heterocycles. The first-order valence-electron chi connectivity index (χ1n) is 5.80. The standard InChI is InChI=1S/C14H15NO2/c1-2-17-14(16)13-6-4-3-5-12(13)11-7-9-15-10-8-11/h3,5,7-10H,2,4,6H2,1H3. The van der Waals surface area contributed by atoms with E-state index >= 15 is 0 Å². The number of rotatable bonds is 3. The van der Waals surface area contributed by atoms with Crippen LogP contribution >= 0.6 is 0 Å². The molecule has 2 rings (SSSR count). The van der Waals surface area contributed by atoms with E-state index in [9.17, 15) is 4.79 Å². The summed E-state index contributed by atoms with van der Waals surface area (Å²) in [5.74, 6) is -0.205. The average molecular weight is 229 g/mol. The van der Waals surface area contributed by atoms with Crippen LogP contribution < -0.4 is 0 Å². The second-order valence-corrected chi connectivity index (χ2v) is 3.79. The van der Waals surface area contributed by atoms with Gasteiger partial charge in [-0.1, -0.05) is 12.2 Å². The van der Waals surface area contributed by atoms with Gasteiger partial charge in [-0.25, -0.2) is 4.79 Å². The van der Waals surface area contributed by atoms with Crippen molar-refractivity contribution in [3.05, 3.63) is 47.8 Å². The van der Waals surface area contributed by atoms with Crippen LogP contribution in [0, 0.1) is 0 Å². The number of carbonyl (C=O) groups is 1. The predicted octanol–water partition coefficient (Wildman–Crippen LogP) is 2.75. The molecule has 0 radical (unpaired) electrons. The molecule has 1 aromatic heterocycles. The SMILES string of the molecule is CCOC(=O)C1=C(c2ccncc2)C=CCC1. The smallest absolute Gasteiger partial charge is 0.334 e. The number of carbonyl (C=O) groups excluding carboxylic acids is 1. The Morgan fingerprint density at radius 1 is 1.41 bits per heavy atom. The molecule has 0 aromatic carbocycles. The first-order valence-corrected chi connectivity index (χ1v) is 5.80. The van der Waals surface area contributed by atoms with Gasteiger partial charge < -0.3 is 4.74 Å². The van der Waals surface area contributed by atoms with E-state index in [1.807, 2.05) is 25.1 Å². The molecular formula is C14H15NO2. The molecule has 0 fully saturated rings. The van der Waals surface area contributed by atoms with Gasteiger partial charge in [-0.15, -0.1) is 0 Å². The number of aromatic nitrogens is 1. The Kier molecular flexibility index (Phi) is 3.70. The second kappa shape index (κ2) is 5.43.